The van der Waals surface area contributed by atoms with Crippen molar-refractivity contribution in [2.24, 2.45) is 0 Å². The zero-order valence-electron chi connectivity index (χ0n) is 9.28. The molecule has 17 heavy (non-hydrogen) atoms. The molecule has 2 N–H and O–H groups in total. The van der Waals surface area contributed by atoms with E-state index in [4.69, 9.17) is 11.6 Å². The predicted octanol–water partition coefficient (Wildman–Crippen LogP) is 2.55. The van der Waals surface area contributed by atoms with Crippen molar-refractivity contribution < 1.29 is 0 Å². The lowest BCUT2D eigenvalue weighted by Gasteiger charge is -2.03. The largest absolute Gasteiger partial charge is 0.307 e. The normalized spacial score (nSPS) is 19.7. The van der Waals surface area contributed by atoms with Gasteiger partial charge in [-0.25, -0.2) is 4.98 Å². The molecule has 0 radical (unpaired) electrons. The van der Waals surface area contributed by atoms with E-state index in [1.54, 1.807) is 0 Å². The molecule has 5 heteroatoms. The minimum Gasteiger partial charge on any atom is -0.307 e. The van der Waals surface area contributed by atoms with Crippen LogP contribution in [0.2, 0.25) is 5.02 Å². The maximum absolute atomic E-state index is 5.85. The van der Waals surface area contributed by atoms with E-state index in [0.29, 0.717) is 6.04 Å². The van der Waals surface area contributed by atoms with E-state index in [0.717, 1.165) is 35.2 Å². The maximum atomic E-state index is 5.85. The molecule has 4 nitrogen and oxygen atoms in total. The molecule has 0 bridgehead atoms. The second-order valence-corrected chi connectivity index (χ2v) is 4.64. The summed E-state index contributed by atoms with van der Waals surface area (Å²) in [6.07, 6.45) is 2.32. The molecule has 3 rings (SSSR count). The standard InChI is InChI=1S/C12H13ClN4/c13-9-5-3-8(4-6-9)11-15-12(17-16-11)10-2-1-7-14-10/h3-6,10,14H,1-2,7H2,(H,15,16,17). The van der Waals surface area contributed by atoms with Gasteiger partial charge < -0.3 is 5.32 Å². The highest BCUT2D eigenvalue weighted by molar-refractivity contribution is 6.30. The maximum Gasteiger partial charge on any atom is 0.181 e. The third-order valence-corrected chi connectivity index (χ3v) is 3.25. The first-order valence-corrected chi connectivity index (χ1v) is 6.12. The van der Waals surface area contributed by atoms with Gasteiger partial charge >= 0.3 is 0 Å². The van der Waals surface area contributed by atoms with Crippen LogP contribution in [0.3, 0.4) is 0 Å². The van der Waals surface area contributed by atoms with Gasteiger partial charge in [-0.1, -0.05) is 11.6 Å². The van der Waals surface area contributed by atoms with Gasteiger partial charge in [-0.2, -0.15) is 5.10 Å². The summed E-state index contributed by atoms with van der Waals surface area (Å²) in [6.45, 7) is 1.06. The molecule has 1 aliphatic heterocycles. The van der Waals surface area contributed by atoms with Crippen molar-refractivity contribution in [1.82, 2.24) is 20.5 Å². The molecule has 1 aromatic carbocycles. The van der Waals surface area contributed by atoms with Crippen LogP contribution in [0.25, 0.3) is 11.4 Å². The minimum atomic E-state index is 0.323. The SMILES string of the molecule is Clc1ccc(-c2n[nH]c(C3CCCN3)n2)cc1. The van der Waals surface area contributed by atoms with Gasteiger partial charge in [-0.05, 0) is 43.7 Å². The third kappa shape index (κ3) is 2.18. The van der Waals surface area contributed by atoms with Crippen LogP contribution in [0.4, 0.5) is 0 Å². The number of H-pyrrole nitrogens is 1. The van der Waals surface area contributed by atoms with Gasteiger partial charge in [0.15, 0.2) is 5.82 Å². The molecular weight excluding hydrogens is 236 g/mol. The lowest BCUT2D eigenvalue weighted by Crippen LogP contribution is -2.14. The minimum absolute atomic E-state index is 0.323. The molecule has 0 amide bonds. The lowest BCUT2D eigenvalue weighted by molar-refractivity contribution is 0.608. The highest BCUT2D eigenvalue weighted by Gasteiger charge is 2.19. The van der Waals surface area contributed by atoms with Gasteiger partial charge in [0.2, 0.25) is 0 Å². The summed E-state index contributed by atoms with van der Waals surface area (Å²) in [4.78, 5) is 4.52. The van der Waals surface area contributed by atoms with Gasteiger partial charge in [0.1, 0.15) is 5.82 Å². The van der Waals surface area contributed by atoms with Crippen molar-refractivity contribution in [2.45, 2.75) is 18.9 Å². The highest BCUT2D eigenvalue weighted by Crippen LogP contribution is 2.23. The average molecular weight is 249 g/mol. The molecule has 1 unspecified atom stereocenters. The van der Waals surface area contributed by atoms with Gasteiger partial charge in [-0.15, -0.1) is 0 Å². The van der Waals surface area contributed by atoms with E-state index >= 15 is 0 Å². The predicted molar refractivity (Wildman–Crippen MR) is 66.8 cm³/mol. The van der Waals surface area contributed by atoms with Crippen LogP contribution in [-0.2, 0) is 0 Å². The Morgan fingerprint density at radius 2 is 2.06 bits per heavy atom. The summed E-state index contributed by atoms with van der Waals surface area (Å²) in [5, 5.41) is 11.4. The second-order valence-electron chi connectivity index (χ2n) is 4.20. The monoisotopic (exact) mass is 248 g/mol. The first kappa shape index (κ1) is 10.7. The van der Waals surface area contributed by atoms with E-state index in [1.165, 1.54) is 6.42 Å². The Morgan fingerprint density at radius 3 is 2.76 bits per heavy atom. The topological polar surface area (TPSA) is 53.6 Å². The molecule has 2 heterocycles. The average Bonchev–Trinajstić information content (AvgIpc) is 3.00. The fraction of sp³-hybridized carbons (Fsp3) is 0.333. The summed E-state index contributed by atoms with van der Waals surface area (Å²) < 4.78 is 0. The first-order chi connectivity index (χ1) is 8.33. The van der Waals surface area contributed by atoms with E-state index < -0.39 is 0 Å². The number of hydrogen-bond donors (Lipinski definition) is 2. The zero-order chi connectivity index (χ0) is 11.7. The molecule has 1 aliphatic rings. The van der Waals surface area contributed by atoms with Gasteiger partial charge in [-0.3, -0.25) is 5.10 Å². The number of aromatic amines is 1. The Balaban J connectivity index is 1.86. The Bertz CT molecular complexity index is 499. The summed E-state index contributed by atoms with van der Waals surface area (Å²) in [5.74, 6) is 1.65. The Labute approximate surface area is 104 Å². The van der Waals surface area contributed by atoms with E-state index in [9.17, 15) is 0 Å². The van der Waals surface area contributed by atoms with Crippen LogP contribution in [0, 0.1) is 0 Å². The molecule has 2 aromatic rings. The molecule has 0 saturated carbocycles. The number of nitrogens with one attached hydrogen (secondary N) is 2. The fourth-order valence-electron chi connectivity index (χ4n) is 2.08. The van der Waals surface area contributed by atoms with E-state index in [1.807, 2.05) is 24.3 Å². The number of nitrogens with zero attached hydrogens (tertiary/aromatic N) is 2. The van der Waals surface area contributed by atoms with Gasteiger partial charge in [0.05, 0.1) is 6.04 Å². The van der Waals surface area contributed by atoms with Gasteiger partial charge in [0, 0.05) is 10.6 Å². The number of rotatable bonds is 2. The van der Waals surface area contributed by atoms with Crippen LogP contribution in [-0.4, -0.2) is 21.7 Å². The highest BCUT2D eigenvalue weighted by atomic mass is 35.5. The summed E-state index contributed by atoms with van der Waals surface area (Å²) in [7, 11) is 0. The molecule has 1 saturated heterocycles. The smallest absolute Gasteiger partial charge is 0.181 e. The fourth-order valence-corrected chi connectivity index (χ4v) is 2.20. The van der Waals surface area contributed by atoms with Crippen LogP contribution in [0.1, 0.15) is 24.7 Å². The van der Waals surface area contributed by atoms with E-state index in [-0.39, 0.29) is 0 Å². The number of benzene rings is 1. The Morgan fingerprint density at radius 1 is 1.24 bits per heavy atom. The number of hydrogen-bond acceptors (Lipinski definition) is 3. The number of halogens is 1. The summed E-state index contributed by atoms with van der Waals surface area (Å²) in [6, 6.07) is 7.87. The van der Waals surface area contributed by atoms with E-state index in [2.05, 4.69) is 20.5 Å². The van der Waals surface area contributed by atoms with Crippen molar-refractivity contribution in [3.8, 4) is 11.4 Å². The molecule has 1 aromatic heterocycles. The van der Waals surface area contributed by atoms with Crippen LogP contribution in [0.5, 0.6) is 0 Å². The molecule has 0 aliphatic carbocycles. The van der Waals surface area contributed by atoms with Crippen LogP contribution in [0.15, 0.2) is 24.3 Å². The van der Waals surface area contributed by atoms with Crippen molar-refractivity contribution in [1.29, 1.82) is 0 Å². The van der Waals surface area contributed by atoms with Crippen molar-refractivity contribution >= 4 is 11.6 Å². The number of aromatic nitrogens is 3. The molecule has 88 valence electrons. The molecular formula is C12H13ClN4. The van der Waals surface area contributed by atoms with Crippen molar-refractivity contribution in [2.75, 3.05) is 6.54 Å². The van der Waals surface area contributed by atoms with Crippen molar-refractivity contribution in [3.63, 3.8) is 0 Å². The van der Waals surface area contributed by atoms with Crippen molar-refractivity contribution in [3.05, 3.63) is 35.1 Å². The first-order valence-electron chi connectivity index (χ1n) is 5.74. The Kier molecular flexibility index (Phi) is 2.82. The van der Waals surface area contributed by atoms with Crippen LogP contribution < -0.4 is 5.32 Å². The Hall–Kier alpha value is -1.39. The summed E-state index contributed by atoms with van der Waals surface area (Å²) >= 11 is 5.85. The van der Waals surface area contributed by atoms with Crippen LogP contribution >= 0.6 is 11.6 Å². The zero-order valence-corrected chi connectivity index (χ0v) is 10.0. The van der Waals surface area contributed by atoms with Gasteiger partial charge in [0.25, 0.3) is 0 Å². The molecule has 1 atom stereocenters. The lowest BCUT2D eigenvalue weighted by atomic mass is 10.2. The summed E-state index contributed by atoms with van der Waals surface area (Å²) in [5.41, 5.74) is 0.981. The third-order valence-electron chi connectivity index (χ3n) is 3.00. The second kappa shape index (κ2) is 4.47. The molecule has 1 fully saturated rings. The quantitative estimate of drug-likeness (QED) is 0.859. The molecule has 0 spiro atoms.